The van der Waals surface area contributed by atoms with Gasteiger partial charge in [0.2, 0.25) is 5.91 Å². The van der Waals surface area contributed by atoms with Crippen LogP contribution in [0.25, 0.3) is 10.9 Å². The molecular formula is C21H30N4O4. The van der Waals surface area contributed by atoms with Crippen molar-refractivity contribution in [2.75, 3.05) is 32.8 Å². The SMILES string of the molecule is CCC(CC)C(CNC(=O)Cn1c(=O)[nH]c(=O)c2ccccc21)N1CCOCC1. The number of morpholine rings is 1. The van der Waals surface area contributed by atoms with Gasteiger partial charge in [-0.05, 0) is 18.1 Å². The molecule has 2 N–H and O–H groups in total. The van der Waals surface area contributed by atoms with E-state index in [1.807, 2.05) is 0 Å². The molecule has 1 atom stereocenters. The monoisotopic (exact) mass is 402 g/mol. The maximum Gasteiger partial charge on any atom is 0.329 e. The number of benzene rings is 1. The lowest BCUT2D eigenvalue weighted by Crippen LogP contribution is -2.52. The number of ether oxygens (including phenoxy) is 1. The molecule has 29 heavy (non-hydrogen) atoms. The topological polar surface area (TPSA) is 96.4 Å². The fourth-order valence-corrected chi connectivity index (χ4v) is 4.15. The lowest BCUT2D eigenvalue weighted by atomic mass is 9.92. The van der Waals surface area contributed by atoms with Crippen molar-refractivity contribution >= 4 is 16.8 Å². The van der Waals surface area contributed by atoms with Gasteiger partial charge in [0.15, 0.2) is 0 Å². The molecule has 158 valence electrons. The molecule has 1 saturated heterocycles. The highest BCUT2D eigenvalue weighted by molar-refractivity contribution is 5.81. The molecule has 1 aliphatic rings. The highest BCUT2D eigenvalue weighted by atomic mass is 16.5. The fourth-order valence-electron chi connectivity index (χ4n) is 4.15. The fraction of sp³-hybridized carbons (Fsp3) is 0.571. The maximum absolute atomic E-state index is 12.7. The van der Waals surface area contributed by atoms with Crippen LogP contribution in [0.15, 0.2) is 33.9 Å². The molecule has 1 amide bonds. The van der Waals surface area contributed by atoms with E-state index in [1.165, 1.54) is 4.57 Å². The molecule has 1 aromatic carbocycles. The quantitative estimate of drug-likeness (QED) is 0.685. The number of nitrogens with one attached hydrogen (secondary N) is 2. The molecule has 8 heteroatoms. The van der Waals surface area contributed by atoms with Crippen molar-refractivity contribution in [1.29, 1.82) is 0 Å². The second-order valence-corrected chi connectivity index (χ2v) is 7.46. The Bertz CT molecular complexity index is 942. The number of rotatable bonds is 8. The minimum Gasteiger partial charge on any atom is -0.379 e. The second-order valence-electron chi connectivity index (χ2n) is 7.46. The third-order valence-electron chi connectivity index (χ3n) is 5.82. The summed E-state index contributed by atoms with van der Waals surface area (Å²) in [5, 5.41) is 3.40. The van der Waals surface area contributed by atoms with Crippen molar-refractivity contribution < 1.29 is 9.53 Å². The van der Waals surface area contributed by atoms with E-state index >= 15 is 0 Å². The first-order valence-corrected chi connectivity index (χ1v) is 10.4. The Labute approximate surface area is 169 Å². The number of fused-ring (bicyclic) bond motifs is 1. The van der Waals surface area contributed by atoms with E-state index in [0.717, 1.165) is 25.9 Å². The minimum absolute atomic E-state index is 0.130. The summed E-state index contributed by atoms with van der Waals surface area (Å²) in [6.45, 7) is 7.90. The van der Waals surface area contributed by atoms with Gasteiger partial charge in [-0.3, -0.25) is 24.0 Å². The van der Waals surface area contributed by atoms with Crippen molar-refractivity contribution in [3.05, 3.63) is 45.1 Å². The Balaban J connectivity index is 1.73. The molecule has 0 bridgehead atoms. The Morgan fingerprint density at radius 3 is 2.55 bits per heavy atom. The lowest BCUT2D eigenvalue weighted by molar-refractivity contribution is -0.122. The van der Waals surface area contributed by atoms with E-state index in [1.54, 1.807) is 24.3 Å². The van der Waals surface area contributed by atoms with E-state index in [2.05, 4.69) is 29.0 Å². The van der Waals surface area contributed by atoms with E-state index in [-0.39, 0.29) is 18.5 Å². The van der Waals surface area contributed by atoms with Gasteiger partial charge in [-0.15, -0.1) is 0 Å². The predicted octanol–water partition coefficient (Wildman–Crippen LogP) is 0.943. The molecule has 1 unspecified atom stereocenters. The van der Waals surface area contributed by atoms with Crippen LogP contribution in [0.5, 0.6) is 0 Å². The predicted molar refractivity (Wildman–Crippen MR) is 112 cm³/mol. The molecule has 0 spiro atoms. The van der Waals surface area contributed by atoms with Gasteiger partial charge in [0, 0.05) is 25.7 Å². The van der Waals surface area contributed by atoms with Gasteiger partial charge < -0.3 is 10.1 Å². The molecular weight excluding hydrogens is 372 g/mol. The number of amides is 1. The average Bonchev–Trinajstić information content (AvgIpc) is 2.74. The average molecular weight is 402 g/mol. The number of nitrogens with zero attached hydrogens (tertiary/aromatic N) is 2. The first-order chi connectivity index (χ1) is 14.0. The third-order valence-corrected chi connectivity index (χ3v) is 5.82. The number of aromatic amines is 1. The van der Waals surface area contributed by atoms with Gasteiger partial charge in [-0.1, -0.05) is 38.8 Å². The first kappa shape index (κ1) is 21.3. The van der Waals surface area contributed by atoms with Crippen molar-refractivity contribution in [3.63, 3.8) is 0 Å². The van der Waals surface area contributed by atoms with E-state index < -0.39 is 11.2 Å². The van der Waals surface area contributed by atoms with Crippen LogP contribution in [0.3, 0.4) is 0 Å². The highest BCUT2D eigenvalue weighted by Gasteiger charge is 2.27. The standard InChI is InChI=1S/C21H30N4O4/c1-3-15(4-2)18(24-9-11-29-12-10-24)13-22-19(26)14-25-17-8-6-5-7-16(17)20(27)23-21(25)28/h5-8,15,18H,3-4,9-14H2,1-2H3,(H,22,26)(H,23,27,28). The van der Waals surface area contributed by atoms with Crippen LogP contribution in [0, 0.1) is 5.92 Å². The highest BCUT2D eigenvalue weighted by Crippen LogP contribution is 2.19. The number of hydrogen-bond acceptors (Lipinski definition) is 5. The zero-order chi connectivity index (χ0) is 20.8. The van der Waals surface area contributed by atoms with Crippen LogP contribution in [0.1, 0.15) is 26.7 Å². The number of carbonyl (C=O) groups excluding carboxylic acids is 1. The van der Waals surface area contributed by atoms with Gasteiger partial charge >= 0.3 is 5.69 Å². The molecule has 1 aromatic heterocycles. The summed E-state index contributed by atoms with van der Waals surface area (Å²) in [6.07, 6.45) is 2.08. The number of aromatic nitrogens is 2. The normalized spacial score (nSPS) is 16.2. The minimum atomic E-state index is -0.575. The molecule has 2 aromatic rings. The van der Waals surface area contributed by atoms with Gasteiger partial charge in [-0.25, -0.2) is 4.79 Å². The largest absolute Gasteiger partial charge is 0.379 e. The molecule has 1 fully saturated rings. The zero-order valence-electron chi connectivity index (χ0n) is 17.1. The number of H-pyrrole nitrogens is 1. The second kappa shape index (κ2) is 9.84. The van der Waals surface area contributed by atoms with Gasteiger partial charge in [0.1, 0.15) is 6.54 Å². The Morgan fingerprint density at radius 2 is 1.86 bits per heavy atom. The van der Waals surface area contributed by atoms with Gasteiger partial charge in [-0.2, -0.15) is 0 Å². The Morgan fingerprint density at radius 1 is 1.17 bits per heavy atom. The summed E-state index contributed by atoms with van der Waals surface area (Å²) >= 11 is 0. The van der Waals surface area contributed by atoms with Crippen molar-refractivity contribution in [2.45, 2.75) is 39.3 Å². The smallest absolute Gasteiger partial charge is 0.329 e. The van der Waals surface area contributed by atoms with E-state index in [9.17, 15) is 14.4 Å². The summed E-state index contributed by atoms with van der Waals surface area (Å²) in [4.78, 5) is 41.6. The van der Waals surface area contributed by atoms with Crippen molar-refractivity contribution in [2.24, 2.45) is 5.92 Å². The zero-order valence-corrected chi connectivity index (χ0v) is 17.1. The van der Waals surface area contributed by atoms with Crippen LogP contribution in [0.2, 0.25) is 0 Å². The molecule has 2 heterocycles. The first-order valence-electron chi connectivity index (χ1n) is 10.4. The van der Waals surface area contributed by atoms with Crippen molar-refractivity contribution in [1.82, 2.24) is 19.8 Å². The van der Waals surface area contributed by atoms with E-state index in [4.69, 9.17) is 4.74 Å². The summed E-state index contributed by atoms with van der Waals surface area (Å²) < 4.78 is 6.78. The van der Waals surface area contributed by atoms with Gasteiger partial charge in [0.05, 0.1) is 24.1 Å². The summed E-state index contributed by atoms with van der Waals surface area (Å²) in [5.41, 5.74) is -0.557. The molecule has 0 radical (unpaired) electrons. The number of para-hydroxylation sites is 1. The maximum atomic E-state index is 12.7. The Hall–Kier alpha value is -2.45. The van der Waals surface area contributed by atoms with Crippen LogP contribution >= 0.6 is 0 Å². The molecule has 1 aliphatic heterocycles. The molecule has 3 rings (SSSR count). The molecule has 0 aliphatic carbocycles. The van der Waals surface area contributed by atoms with Crippen LogP contribution in [0.4, 0.5) is 0 Å². The molecule has 8 nitrogen and oxygen atoms in total. The number of hydrogen-bond donors (Lipinski definition) is 2. The Kier molecular flexibility index (Phi) is 7.22. The van der Waals surface area contributed by atoms with E-state index in [0.29, 0.717) is 36.6 Å². The van der Waals surface area contributed by atoms with Crippen LogP contribution < -0.4 is 16.6 Å². The van der Waals surface area contributed by atoms with Crippen molar-refractivity contribution in [3.8, 4) is 0 Å². The number of carbonyl (C=O) groups is 1. The molecule has 0 saturated carbocycles. The summed E-state index contributed by atoms with van der Waals surface area (Å²) in [7, 11) is 0. The third kappa shape index (κ3) is 4.94. The van der Waals surface area contributed by atoms with Gasteiger partial charge in [0.25, 0.3) is 5.56 Å². The van der Waals surface area contributed by atoms with Crippen LogP contribution in [-0.4, -0.2) is 59.2 Å². The summed E-state index contributed by atoms with van der Waals surface area (Å²) in [5.74, 6) is 0.235. The van der Waals surface area contributed by atoms with Crippen LogP contribution in [-0.2, 0) is 16.1 Å². The lowest BCUT2D eigenvalue weighted by Gasteiger charge is -2.38. The summed E-state index contributed by atoms with van der Waals surface area (Å²) in [6, 6.07) is 7.04.